The average molecular weight is 170 g/mol. The molecule has 0 saturated carbocycles. The van der Waals surface area contributed by atoms with E-state index < -0.39 is 0 Å². The Hall–Kier alpha value is -0.770. The van der Waals surface area contributed by atoms with Gasteiger partial charge in [-0.3, -0.25) is 0 Å². The van der Waals surface area contributed by atoms with Crippen molar-refractivity contribution >= 4 is 6.03 Å². The van der Waals surface area contributed by atoms with Crippen LogP contribution >= 0.6 is 0 Å². The molecular weight excluding hydrogens is 156 g/mol. The summed E-state index contributed by atoms with van der Waals surface area (Å²) in [6.07, 6.45) is 2.11. The summed E-state index contributed by atoms with van der Waals surface area (Å²) >= 11 is 0. The molecule has 2 aliphatic heterocycles. The predicted molar refractivity (Wildman–Crippen MR) is 43.9 cm³/mol. The van der Waals surface area contributed by atoms with Crippen molar-refractivity contribution < 1.29 is 9.53 Å². The monoisotopic (exact) mass is 170 g/mol. The minimum Gasteiger partial charge on any atom is -0.381 e. The third-order valence-corrected chi connectivity index (χ3v) is 2.80. The van der Waals surface area contributed by atoms with Gasteiger partial charge in [0.15, 0.2) is 0 Å². The molecule has 2 rings (SSSR count). The zero-order valence-electron chi connectivity index (χ0n) is 7.06. The van der Waals surface area contributed by atoms with E-state index >= 15 is 0 Å². The van der Waals surface area contributed by atoms with E-state index in [0.717, 1.165) is 39.1 Å². The predicted octanol–water partition coefficient (Wildman–Crippen LogP) is 0.0960. The van der Waals surface area contributed by atoms with Crippen LogP contribution in [0.15, 0.2) is 0 Å². The lowest BCUT2D eigenvalue weighted by atomic mass is 9.79. The first kappa shape index (κ1) is 7.86. The van der Waals surface area contributed by atoms with Gasteiger partial charge in [0.1, 0.15) is 0 Å². The Kier molecular flexibility index (Phi) is 1.92. The number of rotatable bonds is 0. The van der Waals surface area contributed by atoms with E-state index in [2.05, 4.69) is 10.6 Å². The number of carbonyl (C=O) groups is 1. The number of carbonyl (C=O) groups excluding carboxylic acids is 1. The Morgan fingerprint density at radius 2 is 1.75 bits per heavy atom. The molecule has 0 atom stereocenters. The maximum absolute atomic E-state index is 10.8. The summed E-state index contributed by atoms with van der Waals surface area (Å²) in [5, 5.41) is 5.67. The molecule has 2 N–H and O–H groups in total. The topological polar surface area (TPSA) is 50.4 Å². The average Bonchev–Trinajstić information content (AvgIpc) is 2.13. The van der Waals surface area contributed by atoms with Crippen LogP contribution in [0.5, 0.6) is 0 Å². The highest BCUT2D eigenvalue weighted by Crippen LogP contribution is 2.30. The van der Waals surface area contributed by atoms with Crippen molar-refractivity contribution in [2.75, 3.05) is 26.3 Å². The van der Waals surface area contributed by atoms with Crippen LogP contribution in [0, 0.1) is 5.41 Å². The van der Waals surface area contributed by atoms with Crippen molar-refractivity contribution in [1.29, 1.82) is 0 Å². The zero-order valence-corrected chi connectivity index (χ0v) is 7.06. The molecule has 0 aromatic heterocycles. The summed E-state index contributed by atoms with van der Waals surface area (Å²) in [6, 6.07) is -0.0351. The van der Waals surface area contributed by atoms with Crippen LogP contribution in [-0.2, 0) is 4.74 Å². The molecule has 2 fully saturated rings. The second-order valence-corrected chi connectivity index (χ2v) is 3.65. The molecule has 0 aliphatic carbocycles. The van der Waals surface area contributed by atoms with Crippen molar-refractivity contribution in [3.05, 3.63) is 0 Å². The highest BCUT2D eigenvalue weighted by Gasteiger charge is 2.35. The van der Waals surface area contributed by atoms with Gasteiger partial charge < -0.3 is 15.4 Å². The fourth-order valence-corrected chi connectivity index (χ4v) is 1.82. The first-order valence-corrected chi connectivity index (χ1v) is 4.40. The molecule has 0 aromatic carbocycles. The summed E-state index contributed by atoms with van der Waals surface area (Å²) < 4.78 is 5.28. The second-order valence-electron chi connectivity index (χ2n) is 3.65. The number of urea groups is 1. The highest BCUT2D eigenvalue weighted by molar-refractivity contribution is 5.74. The van der Waals surface area contributed by atoms with Gasteiger partial charge in [-0.25, -0.2) is 4.79 Å². The minimum atomic E-state index is -0.0351. The molecule has 0 unspecified atom stereocenters. The first-order chi connectivity index (χ1) is 5.81. The van der Waals surface area contributed by atoms with Gasteiger partial charge in [-0.1, -0.05) is 0 Å². The van der Waals surface area contributed by atoms with Gasteiger partial charge in [0.05, 0.1) is 0 Å². The molecule has 2 heterocycles. The van der Waals surface area contributed by atoms with Crippen LogP contribution < -0.4 is 10.6 Å². The van der Waals surface area contributed by atoms with Crippen molar-refractivity contribution in [3.8, 4) is 0 Å². The van der Waals surface area contributed by atoms with Gasteiger partial charge in [0.2, 0.25) is 0 Å². The quantitative estimate of drug-likeness (QED) is 0.541. The lowest BCUT2D eigenvalue weighted by molar-refractivity contribution is 0.0128. The van der Waals surface area contributed by atoms with E-state index in [0.29, 0.717) is 0 Å². The lowest BCUT2D eigenvalue weighted by Gasteiger charge is -2.40. The molecule has 12 heavy (non-hydrogen) atoms. The first-order valence-electron chi connectivity index (χ1n) is 4.40. The normalized spacial score (nSPS) is 27.8. The van der Waals surface area contributed by atoms with Gasteiger partial charge in [-0.2, -0.15) is 0 Å². The van der Waals surface area contributed by atoms with Crippen molar-refractivity contribution in [2.24, 2.45) is 5.41 Å². The summed E-state index contributed by atoms with van der Waals surface area (Å²) in [5.41, 5.74) is 0.270. The van der Waals surface area contributed by atoms with Crippen molar-refractivity contribution in [1.82, 2.24) is 10.6 Å². The maximum Gasteiger partial charge on any atom is 0.314 e. The summed E-state index contributed by atoms with van der Waals surface area (Å²) in [4.78, 5) is 10.8. The largest absolute Gasteiger partial charge is 0.381 e. The van der Waals surface area contributed by atoms with E-state index in [9.17, 15) is 4.79 Å². The van der Waals surface area contributed by atoms with Crippen LogP contribution in [0.3, 0.4) is 0 Å². The molecule has 0 radical (unpaired) electrons. The van der Waals surface area contributed by atoms with E-state index in [1.54, 1.807) is 0 Å². The fraction of sp³-hybridized carbons (Fsp3) is 0.875. The van der Waals surface area contributed by atoms with Crippen LogP contribution in [0.2, 0.25) is 0 Å². The molecule has 4 nitrogen and oxygen atoms in total. The number of ether oxygens (including phenoxy) is 1. The molecule has 0 aromatic rings. The summed E-state index contributed by atoms with van der Waals surface area (Å²) in [6.45, 7) is 3.28. The zero-order chi connectivity index (χ0) is 8.44. The lowest BCUT2D eigenvalue weighted by Crippen LogP contribution is -2.56. The number of hydrogen-bond donors (Lipinski definition) is 2. The molecule has 0 bridgehead atoms. The SMILES string of the molecule is O=C1NCC2(CCOCC2)CN1. The molecule has 2 saturated heterocycles. The number of amides is 2. The molecule has 68 valence electrons. The van der Waals surface area contributed by atoms with Gasteiger partial charge in [0.25, 0.3) is 0 Å². The van der Waals surface area contributed by atoms with Gasteiger partial charge >= 0.3 is 6.03 Å². The molecular formula is C8H14N2O2. The number of nitrogens with one attached hydrogen (secondary N) is 2. The molecule has 4 heteroatoms. The van der Waals surface area contributed by atoms with Crippen LogP contribution in [0.4, 0.5) is 4.79 Å². The van der Waals surface area contributed by atoms with E-state index in [1.807, 2.05) is 0 Å². The summed E-state index contributed by atoms with van der Waals surface area (Å²) in [7, 11) is 0. The Morgan fingerprint density at radius 3 is 2.33 bits per heavy atom. The van der Waals surface area contributed by atoms with Crippen molar-refractivity contribution in [2.45, 2.75) is 12.8 Å². The Morgan fingerprint density at radius 1 is 1.17 bits per heavy atom. The number of hydrogen-bond acceptors (Lipinski definition) is 2. The molecule has 2 aliphatic rings. The van der Waals surface area contributed by atoms with Gasteiger partial charge in [-0.05, 0) is 12.8 Å². The minimum absolute atomic E-state index is 0.0351. The van der Waals surface area contributed by atoms with Crippen LogP contribution in [-0.4, -0.2) is 32.3 Å². The van der Waals surface area contributed by atoms with Gasteiger partial charge in [-0.15, -0.1) is 0 Å². The standard InChI is InChI=1S/C8H14N2O2/c11-7-9-5-8(6-10-7)1-3-12-4-2-8/h1-6H2,(H2,9,10,11). The summed E-state index contributed by atoms with van der Waals surface area (Å²) in [5.74, 6) is 0. The molecule has 1 spiro atoms. The third-order valence-electron chi connectivity index (χ3n) is 2.80. The van der Waals surface area contributed by atoms with Gasteiger partial charge in [0, 0.05) is 31.7 Å². The third kappa shape index (κ3) is 1.39. The maximum atomic E-state index is 10.8. The Labute approximate surface area is 71.7 Å². The molecule has 2 amide bonds. The second kappa shape index (κ2) is 2.94. The van der Waals surface area contributed by atoms with E-state index in [1.165, 1.54) is 0 Å². The van der Waals surface area contributed by atoms with Crippen LogP contribution in [0.25, 0.3) is 0 Å². The Balaban J connectivity index is 1.96. The van der Waals surface area contributed by atoms with E-state index in [-0.39, 0.29) is 11.4 Å². The van der Waals surface area contributed by atoms with E-state index in [4.69, 9.17) is 4.74 Å². The Bertz CT molecular complexity index is 175. The highest BCUT2D eigenvalue weighted by atomic mass is 16.5. The fourth-order valence-electron chi connectivity index (χ4n) is 1.82. The smallest absolute Gasteiger partial charge is 0.314 e. The van der Waals surface area contributed by atoms with Crippen molar-refractivity contribution in [3.63, 3.8) is 0 Å². The van der Waals surface area contributed by atoms with Crippen LogP contribution in [0.1, 0.15) is 12.8 Å².